The molecule has 0 spiro atoms. The zero-order chi connectivity index (χ0) is 24.8. The summed E-state index contributed by atoms with van der Waals surface area (Å²) >= 11 is 1.34. The number of fused-ring (bicyclic) bond motifs is 1. The third kappa shape index (κ3) is 5.99. The van der Waals surface area contributed by atoms with Gasteiger partial charge in [0.2, 0.25) is 0 Å². The highest BCUT2D eigenvalue weighted by Crippen LogP contribution is 2.40. The van der Waals surface area contributed by atoms with Crippen LogP contribution in [0.25, 0.3) is 16.3 Å². The average molecular weight is 530 g/mol. The molecule has 0 fully saturated rings. The second-order valence-corrected chi connectivity index (χ2v) is 8.45. The molecule has 0 aliphatic carbocycles. The molecule has 2 aromatic heterocycles. The fraction of sp³-hybridized carbons (Fsp3) is 0.208. The van der Waals surface area contributed by atoms with E-state index < -0.39 is 4.92 Å². The molecule has 0 atom stereocenters. The van der Waals surface area contributed by atoms with Crippen LogP contribution in [0.3, 0.4) is 0 Å². The van der Waals surface area contributed by atoms with Crippen LogP contribution >= 0.6 is 23.7 Å². The number of carbonyl (C=O) groups is 1. The zero-order valence-electron chi connectivity index (χ0n) is 19.6. The number of ether oxygens (including phenoxy) is 2. The normalized spacial score (nSPS) is 10.8. The lowest BCUT2D eigenvalue weighted by Crippen LogP contribution is -2.30. The number of nitro groups is 1. The van der Waals surface area contributed by atoms with Crippen LogP contribution in [0.1, 0.15) is 12.0 Å². The van der Waals surface area contributed by atoms with Gasteiger partial charge in [-0.05, 0) is 30.2 Å². The summed E-state index contributed by atoms with van der Waals surface area (Å²) < 4.78 is 13.6. The molecule has 0 aliphatic rings. The van der Waals surface area contributed by atoms with E-state index in [0.29, 0.717) is 47.2 Å². The molecule has 1 amide bonds. The van der Waals surface area contributed by atoms with Gasteiger partial charge in [-0.15, -0.1) is 12.4 Å². The summed E-state index contributed by atoms with van der Waals surface area (Å²) in [7, 11) is 3.15. The number of methoxy groups -OCH3 is 2. The second kappa shape index (κ2) is 12.1. The van der Waals surface area contributed by atoms with E-state index >= 15 is 0 Å². The monoisotopic (exact) mass is 529 g/mol. The maximum Gasteiger partial charge on any atom is 0.270 e. The van der Waals surface area contributed by atoms with Gasteiger partial charge in [0.15, 0.2) is 5.13 Å². The molecule has 12 heteroatoms. The molecule has 0 N–H and O–H groups in total. The number of halogens is 1. The van der Waals surface area contributed by atoms with Gasteiger partial charge in [0, 0.05) is 43.7 Å². The first-order valence-corrected chi connectivity index (χ1v) is 11.5. The topological polar surface area (TPSA) is 113 Å². The number of nitro benzene ring substituents is 1. The van der Waals surface area contributed by atoms with Crippen molar-refractivity contribution >= 4 is 56.8 Å². The van der Waals surface area contributed by atoms with Gasteiger partial charge in [-0.3, -0.25) is 19.8 Å². The van der Waals surface area contributed by atoms with E-state index in [1.165, 1.54) is 29.5 Å². The average Bonchev–Trinajstić information content (AvgIpc) is 3.55. The Kier molecular flexibility index (Phi) is 8.98. The summed E-state index contributed by atoms with van der Waals surface area (Å²) in [6.07, 6.45) is 8.92. The van der Waals surface area contributed by atoms with Crippen LogP contribution < -0.4 is 14.4 Å². The van der Waals surface area contributed by atoms with E-state index in [9.17, 15) is 14.9 Å². The number of hydrogen-bond acceptors (Lipinski definition) is 8. The molecule has 0 aliphatic heterocycles. The van der Waals surface area contributed by atoms with Crippen molar-refractivity contribution in [3.63, 3.8) is 0 Å². The number of non-ortho nitro benzene ring substituents is 1. The van der Waals surface area contributed by atoms with E-state index in [0.717, 1.165) is 4.70 Å². The predicted molar refractivity (Wildman–Crippen MR) is 141 cm³/mol. The number of aromatic nitrogens is 3. The second-order valence-electron chi connectivity index (χ2n) is 7.47. The first-order chi connectivity index (χ1) is 17.0. The number of anilines is 1. The maximum absolute atomic E-state index is 13.3. The number of nitrogens with zero attached hydrogens (tertiary/aromatic N) is 5. The third-order valence-corrected chi connectivity index (χ3v) is 6.35. The SMILES string of the molecule is COc1ccc(OC)c2sc(N(CCCn3ccnc3)C(=O)/C=C/c3cccc([N+](=O)[O-])c3)nc12.Cl. The highest BCUT2D eigenvalue weighted by molar-refractivity contribution is 7.22. The highest BCUT2D eigenvalue weighted by atomic mass is 35.5. The Morgan fingerprint density at radius 2 is 2.00 bits per heavy atom. The lowest BCUT2D eigenvalue weighted by molar-refractivity contribution is -0.384. The summed E-state index contributed by atoms with van der Waals surface area (Å²) in [5, 5.41) is 11.6. The quantitative estimate of drug-likeness (QED) is 0.162. The number of imidazole rings is 1. The standard InChI is InChI=1S/C24H23N5O5S.ClH/c1-33-19-8-9-20(34-2)23-22(19)26-24(35-23)28(13-4-12-27-14-11-25-16-27)21(30)10-7-17-5-3-6-18(15-17)29(31)32;/h3,5-11,14-16H,4,12-13H2,1-2H3;1H/b10-7+;. The Balaban J connectivity index is 0.00000361. The Morgan fingerprint density at radius 3 is 2.69 bits per heavy atom. The van der Waals surface area contributed by atoms with Crippen molar-refractivity contribution < 1.29 is 19.2 Å². The van der Waals surface area contributed by atoms with E-state index in [4.69, 9.17) is 14.5 Å². The summed E-state index contributed by atoms with van der Waals surface area (Å²) in [5.74, 6) is 0.933. The molecule has 0 bridgehead atoms. The first kappa shape index (κ1) is 26.6. The predicted octanol–water partition coefficient (Wildman–Crippen LogP) is 4.98. The van der Waals surface area contributed by atoms with E-state index in [1.54, 1.807) is 62.0 Å². The van der Waals surface area contributed by atoms with Crippen molar-refractivity contribution in [2.45, 2.75) is 13.0 Å². The van der Waals surface area contributed by atoms with Crippen LogP contribution in [0.4, 0.5) is 10.8 Å². The molecule has 10 nitrogen and oxygen atoms in total. The zero-order valence-corrected chi connectivity index (χ0v) is 21.2. The Labute approximate surface area is 217 Å². The number of rotatable bonds is 10. The van der Waals surface area contributed by atoms with E-state index in [-0.39, 0.29) is 24.0 Å². The van der Waals surface area contributed by atoms with Gasteiger partial charge in [0.1, 0.15) is 21.7 Å². The van der Waals surface area contributed by atoms with Gasteiger partial charge >= 0.3 is 0 Å². The summed E-state index contributed by atoms with van der Waals surface area (Å²) in [5.41, 5.74) is 1.13. The molecule has 0 saturated heterocycles. The van der Waals surface area contributed by atoms with Crippen LogP contribution in [0.2, 0.25) is 0 Å². The lowest BCUT2D eigenvalue weighted by Gasteiger charge is -2.18. The first-order valence-electron chi connectivity index (χ1n) is 10.7. The molecule has 36 heavy (non-hydrogen) atoms. The number of aryl methyl sites for hydroxylation is 1. The fourth-order valence-corrected chi connectivity index (χ4v) is 4.63. The Morgan fingerprint density at radius 1 is 1.22 bits per heavy atom. The van der Waals surface area contributed by atoms with Crippen LogP contribution in [-0.2, 0) is 11.3 Å². The van der Waals surface area contributed by atoms with Crippen LogP contribution in [0.5, 0.6) is 11.5 Å². The highest BCUT2D eigenvalue weighted by Gasteiger charge is 2.21. The van der Waals surface area contributed by atoms with Gasteiger partial charge in [0.25, 0.3) is 11.6 Å². The van der Waals surface area contributed by atoms with Crippen molar-refractivity contribution in [2.24, 2.45) is 0 Å². The number of hydrogen-bond donors (Lipinski definition) is 0. The smallest absolute Gasteiger partial charge is 0.270 e. The molecule has 0 saturated carbocycles. The molecule has 4 aromatic rings. The van der Waals surface area contributed by atoms with Gasteiger partial charge in [-0.25, -0.2) is 9.97 Å². The Hall–Kier alpha value is -3.96. The number of benzene rings is 2. The van der Waals surface area contributed by atoms with Crippen LogP contribution in [0.15, 0.2) is 61.2 Å². The van der Waals surface area contributed by atoms with Gasteiger partial charge in [-0.2, -0.15) is 0 Å². The van der Waals surface area contributed by atoms with Gasteiger partial charge < -0.3 is 14.0 Å². The minimum atomic E-state index is -0.469. The summed E-state index contributed by atoms with van der Waals surface area (Å²) in [4.78, 5) is 34.2. The molecule has 2 heterocycles. The molecule has 2 aromatic carbocycles. The third-order valence-electron chi connectivity index (χ3n) is 5.25. The fourth-order valence-electron chi connectivity index (χ4n) is 3.52. The minimum Gasteiger partial charge on any atom is -0.495 e. The molecular formula is C24H24ClN5O5S. The van der Waals surface area contributed by atoms with Crippen molar-refractivity contribution in [2.75, 3.05) is 25.7 Å². The van der Waals surface area contributed by atoms with Crippen molar-refractivity contribution in [1.82, 2.24) is 14.5 Å². The number of amides is 1. The van der Waals surface area contributed by atoms with E-state index in [2.05, 4.69) is 4.98 Å². The lowest BCUT2D eigenvalue weighted by atomic mass is 10.2. The largest absolute Gasteiger partial charge is 0.495 e. The number of thiazole rings is 1. The molecule has 188 valence electrons. The van der Waals surface area contributed by atoms with Crippen LogP contribution in [0, 0.1) is 10.1 Å². The molecular weight excluding hydrogens is 506 g/mol. The van der Waals surface area contributed by atoms with Crippen LogP contribution in [-0.4, -0.2) is 46.1 Å². The molecule has 4 rings (SSSR count). The maximum atomic E-state index is 13.3. The molecule has 0 radical (unpaired) electrons. The Bertz CT molecular complexity index is 1330. The van der Waals surface area contributed by atoms with E-state index in [1.807, 2.05) is 10.8 Å². The van der Waals surface area contributed by atoms with Gasteiger partial charge in [-0.1, -0.05) is 23.5 Å². The summed E-state index contributed by atoms with van der Waals surface area (Å²) in [6, 6.07) is 9.68. The molecule has 0 unspecified atom stereocenters. The van der Waals surface area contributed by atoms with Gasteiger partial charge in [0.05, 0.1) is 25.5 Å². The number of carbonyl (C=O) groups excluding carboxylic acids is 1. The summed E-state index contributed by atoms with van der Waals surface area (Å²) in [6.45, 7) is 1.08. The van der Waals surface area contributed by atoms with Crippen molar-refractivity contribution in [3.8, 4) is 11.5 Å². The van der Waals surface area contributed by atoms with Crippen molar-refractivity contribution in [1.29, 1.82) is 0 Å². The van der Waals surface area contributed by atoms with Crippen molar-refractivity contribution in [3.05, 3.63) is 76.9 Å². The minimum absolute atomic E-state index is 0.